The van der Waals surface area contributed by atoms with Gasteiger partial charge in [0.1, 0.15) is 0 Å². The maximum atomic E-state index is 11.4. The van der Waals surface area contributed by atoms with Gasteiger partial charge in [-0.3, -0.25) is 4.79 Å². The lowest BCUT2D eigenvalue weighted by Crippen LogP contribution is -2.46. The number of hydrogen-bond acceptors (Lipinski definition) is 3. The second kappa shape index (κ2) is 6.71. The van der Waals surface area contributed by atoms with Gasteiger partial charge in [0.2, 0.25) is 5.91 Å². The van der Waals surface area contributed by atoms with E-state index in [2.05, 4.69) is 16.8 Å². The fraction of sp³-hybridized carbons (Fsp3) is 0.933. The topological polar surface area (TPSA) is 26.8 Å². The van der Waals surface area contributed by atoms with Gasteiger partial charge in [-0.1, -0.05) is 0 Å². The van der Waals surface area contributed by atoms with Crippen molar-refractivity contribution in [2.75, 3.05) is 46.8 Å². The molecular weight excluding hydrogens is 238 g/mol. The molecule has 2 fully saturated rings. The van der Waals surface area contributed by atoms with Gasteiger partial charge < -0.3 is 14.7 Å². The van der Waals surface area contributed by atoms with E-state index in [1.54, 1.807) is 6.92 Å². The van der Waals surface area contributed by atoms with Gasteiger partial charge in [0.25, 0.3) is 0 Å². The Balaban J connectivity index is 1.70. The predicted molar refractivity (Wildman–Crippen MR) is 78.1 cm³/mol. The molecule has 0 aromatic rings. The Kier molecular flexibility index (Phi) is 5.22. The molecule has 2 saturated heterocycles. The lowest BCUT2D eigenvalue weighted by molar-refractivity contribution is -0.130. The predicted octanol–water partition coefficient (Wildman–Crippen LogP) is 1.27. The Morgan fingerprint density at radius 3 is 2.21 bits per heavy atom. The van der Waals surface area contributed by atoms with E-state index in [1.165, 1.54) is 32.5 Å². The zero-order chi connectivity index (χ0) is 13.8. The van der Waals surface area contributed by atoms with E-state index in [1.807, 2.05) is 11.9 Å². The SMILES string of the molecule is CC(=O)N(C)C1CCN(CC2CCN(C)CC2)CC1. The summed E-state index contributed by atoms with van der Waals surface area (Å²) in [5.41, 5.74) is 0. The summed E-state index contributed by atoms with van der Waals surface area (Å²) in [4.78, 5) is 18.3. The Hall–Kier alpha value is -0.610. The molecule has 4 heteroatoms. The fourth-order valence-corrected chi connectivity index (χ4v) is 3.36. The number of likely N-dealkylation sites (tertiary alicyclic amines) is 2. The van der Waals surface area contributed by atoms with Gasteiger partial charge in [-0.25, -0.2) is 0 Å². The van der Waals surface area contributed by atoms with E-state index >= 15 is 0 Å². The van der Waals surface area contributed by atoms with Crippen LogP contribution in [0.15, 0.2) is 0 Å². The summed E-state index contributed by atoms with van der Waals surface area (Å²) in [6, 6.07) is 0.464. The summed E-state index contributed by atoms with van der Waals surface area (Å²) in [6.07, 6.45) is 4.99. The van der Waals surface area contributed by atoms with Crippen LogP contribution in [0.5, 0.6) is 0 Å². The van der Waals surface area contributed by atoms with E-state index < -0.39 is 0 Å². The monoisotopic (exact) mass is 267 g/mol. The summed E-state index contributed by atoms with van der Waals surface area (Å²) in [5, 5.41) is 0. The number of nitrogens with zero attached hydrogens (tertiary/aromatic N) is 3. The van der Waals surface area contributed by atoms with E-state index in [-0.39, 0.29) is 5.91 Å². The van der Waals surface area contributed by atoms with Crippen LogP contribution in [0.2, 0.25) is 0 Å². The van der Waals surface area contributed by atoms with Crippen molar-refractivity contribution in [3.63, 3.8) is 0 Å². The quantitative estimate of drug-likeness (QED) is 0.770. The molecule has 2 rings (SSSR count). The Morgan fingerprint density at radius 1 is 1.11 bits per heavy atom. The Morgan fingerprint density at radius 2 is 1.68 bits per heavy atom. The minimum Gasteiger partial charge on any atom is -0.343 e. The van der Waals surface area contributed by atoms with Crippen LogP contribution in [-0.4, -0.2) is 73.5 Å². The minimum atomic E-state index is 0.203. The molecule has 1 amide bonds. The molecule has 19 heavy (non-hydrogen) atoms. The average molecular weight is 267 g/mol. The molecule has 0 unspecified atom stereocenters. The van der Waals surface area contributed by atoms with Gasteiger partial charge in [-0.05, 0) is 51.7 Å². The lowest BCUT2D eigenvalue weighted by Gasteiger charge is -2.39. The van der Waals surface area contributed by atoms with Crippen molar-refractivity contribution < 1.29 is 4.79 Å². The number of piperidine rings is 2. The molecule has 2 aliphatic heterocycles. The molecule has 110 valence electrons. The van der Waals surface area contributed by atoms with E-state index in [9.17, 15) is 4.79 Å². The van der Waals surface area contributed by atoms with Gasteiger partial charge >= 0.3 is 0 Å². The van der Waals surface area contributed by atoms with Crippen molar-refractivity contribution in [3.8, 4) is 0 Å². The minimum absolute atomic E-state index is 0.203. The molecule has 0 aliphatic carbocycles. The zero-order valence-corrected chi connectivity index (χ0v) is 12.8. The van der Waals surface area contributed by atoms with E-state index in [0.29, 0.717) is 6.04 Å². The van der Waals surface area contributed by atoms with Crippen molar-refractivity contribution in [1.82, 2.24) is 14.7 Å². The third-order valence-corrected chi connectivity index (χ3v) is 4.96. The molecule has 0 atom stereocenters. The molecule has 0 aromatic carbocycles. The maximum absolute atomic E-state index is 11.4. The van der Waals surface area contributed by atoms with Gasteiger partial charge in [0.15, 0.2) is 0 Å². The van der Waals surface area contributed by atoms with Gasteiger partial charge in [-0.15, -0.1) is 0 Å². The van der Waals surface area contributed by atoms with E-state index in [0.717, 1.165) is 31.8 Å². The van der Waals surface area contributed by atoms with Crippen LogP contribution in [0, 0.1) is 5.92 Å². The number of carbonyl (C=O) groups is 1. The zero-order valence-electron chi connectivity index (χ0n) is 12.8. The summed E-state index contributed by atoms with van der Waals surface area (Å²) in [6.45, 7) is 7.78. The standard InChI is InChI=1S/C15H29N3O/c1-13(19)17(3)15-6-10-18(11-7-15)12-14-4-8-16(2)9-5-14/h14-15H,4-12H2,1-3H3. The largest absolute Gasteiger partial charge is 0.343 e. The number of amides is 1. The Labute approximate surface area is 117 Å². The number of carbonyl (C=O) groups excluding carboxylic acids is 1. The molecule has 2 aliphatic rings. The van der Waals surface area contributed by atoms with Crippen LogP contribution in [0.1, 0.15) is 32.6 Å². The molecular formula is C15H29N3O. The van der Waals surface area contributed by atoms with Crippen molar-refractivity contribution >= 4 is 5.91 Å². The summed E-state index contributed by atoms with van der Waals surface area (Å²) < 4.78 is 0. The smallest absolute Gasteiger partial charge is 0.219 e. The highest BCUT2D eigenvalue weighted by atomic mass is 16.2. The second-order valence-corrected chi connectivity index (χ2v) is 6.41. The molecule has 0 aromatic heterocycles. The first-order valence-electron chi connectivity index (χ1n) is 7.70. The highest BCUT2D eigenvalue weighted by Gasteiger charge is 2.26. The van der Waals surface area contributed by atoms with Crippen LogP contribution < -0.4 is 0 Å². The van der Waals surface area contributed by atoms with Crippen LogP contribution in [0.3, 0.4) is 0 Å². The van der Waals surface area contributed by atoms with Crippen molar-refractivity contribution in [1.29, 1.82) is 0 Å². The fourth-order valence-electron chi connectivity index (χ4n) is 3.36. The molecule has 0 saturated carbocycles. The summed E-state index contributed by atoms with van der Waals surface area (Å²) >= 11 is 0. The number of rotatable bonds is 3. The van der Waals surface area contributed by atoms with Crippen LogP contribution in [0.4, 0.5) is 0 Å². The summed E-state index contributed by atoms with van der Waals surface area (Å²) in [5.74, 6) is 1.09. The van der Waals surface area contributed by atoms with Gasteiger partial charge in [0.05, 0.1) is 0 Å². The number of hydrogen-bond donors (Lipinski definition) is 0. The maximum Gasteiger partial charge on any atom is 0.219 e. The van der Waals surface area contributed by atoms with Crippen LogP contribution >= 0.6 is 0 Å². The lowest BCUT2D eigenvalue weighted by atomic mass is 9.95. The van der Waals surface area contributed by atoms with Crippen molar-refractivity contribution in [2.45, 2.75) is 38.6 Å². The molecule has 2 heterocycles. The normalized spacial score (nSPS) is 24.6. The average Bonchev–Trinajstić information content (AvgIpc) is 2.41. The third-order valence-electron chi connectivity index (χ3n) is 4.96. The Bertz CT molecular complexity index is 292. The molecule has 4 nitrogen and oxygen atoms in total. The second-order valence-electron chi connectivity index (χ2n) is 6.41. The van der Waals surface area contributed by atoms with Gasteiger partial charge in [0, 0.05) is 39.6 Å². The molecule has 0 N–H and O–H groups in total. The molecule has 0 bridgehead atoms. The third kappa shape index (κ3) is 4.18. The van der Waals surface area contributed by atoms with Crippen LogP contribution in [-0.2, 0) is 4.79 Å². The molecule has 0 radical (unpaired) electrons. The first kappa shape index (κ1) is 14.8. The van der Waals surface area contributed by atoms with Crippen molar-refractivity contribution in [3.05, 3.63) is 0 Å². The molecule has 0 spiro atoms. The highest BCUT2D eigenvalue weighted by Crippen LogP contribution is 2.21. The first-order valence-corrected chi connectivity index (χ1v) is 7.70. The van der Waals surface area contributed by atoms with Gasteiger partial charge in [-0.2, -0.15) is 0 Å². The first-order chi connectivity index (χ1) is 9.06. The van der Waals surface area contributed by atoms with Crippen molar-refractivity contribution in [2.24, 2.45) is 5.92 Å². The van der Waals surface area contributed by atoms with E-state index in [4.69, 9.17) is 0 Å². The summed E-state index contributed by atoms with van der Waals surface area (Å²) in [7, 11) is 4.17. The highest BCUT2D eigenvalue weighted by molar-refractivity contribution is 5.73. The van der Waals surface area contributed by atoms with Crippen LogP contribution in [0.25, 0.3) is 0 Å².